The molecule has 0 radical (unpaired) electrons. The molecular weight excluding hydrogens is 352 g/mol. The Morgan fingerprint density at radius 1 is 1.19 bits per heavy atom. The van der Waals surface area contributed by atoms with Gasteiger partial charge in [0.15, 0.2) is 5.78 Å². The van der Waals surface area contributed by atoms with Gasteiger partial charge in [0.2, 0.25) is 0 Å². The molecule has 3 nitrogen and oxygen atoms in total. The number of rotatable bonds is 5. The summed E-state index contributed by atoms with van der Waals surface area (Å²) in [4.78, 5) is 20.9. The Morgan fingerprint density at radius 2 is 2.07 bits per heavy atom. The molecule has 0 saturated carbocycles. The minimum Gasteiger partial charge on any atom is -0.298 e. The maximum Gasteiger partial charge on any atom is 0.168 e. The number of Topliss-reactive ketones (excluding diaryl/α,β-unsaturated/α-hetero) is 1. The van der Waals surface area contributed by atoms with E-state index >= 15 is 0 Å². The maximum absolute atomic E-state index is 13.1. The fourth-order valence-electron chi connectivity index (χ4n) is 4.05. The number of aromatic nitrogens is 1. The van der Waals surface area contributed by atoms with Gasteiger partial charge in [-0.25, -0.2) is 0 Å². The van der Waals surface area contributed by atoms with E-state index < -0.39 is 0 Å². The van der Waals surface area contributed by atoms with Gasteiger partial charge in [-0.15, -0.1) is 11.8 Å². The average molecular weight is 377 g/mol. The summed E-state index contributed by atoms with van der Waals surface area (Å²) in [5, 5.41) is 2.43. The molecule has 1 atom stereocenters. The summed E-state index contributed by atoms with van der Waals surface area (Å²) in [6, 6.07) is 16.5. The lowest BCUT2D eigenvalue weighted by atomic mass is 9.89. The number of pyridine rings is 1. The van der Waals surface area contributed by atoms with Crippen LogP contribution in [0.25, 0.3) is 10.8 Å². The minimum atomic E-state index is 0.0868. The van der Waals surface area contributed by atoms with Gasteiger partial charge in [-0.2, -0.15) is 0 Å². The standard InChI is InChI=1S/C23H24N2OS/c1-27-22-10-3-2-9-21(22)23(26)19-8-5-13-25(16-19)15-18-7-4-6-17-14-24-12-11-20(17)18/h2-4,6-7,9-12,14,19H,5,8,13,15-16H2,1H3. The van der Waals surface area contributed by atoms with Crippen molar-refractivity contribution in [2.75, 3.05) is 19.3 Å². The Balaban J connectivity index is 1.52. The third kappa shape index (κ3) is 3.92. The molecule has 4 heteroatoms. The van der Waals surface area contributed by atoms with E-state index in [2.05, 4.69) is 34.1 Å². The highest BCUT2D eigenvalue weighted by Crippen LogP contribution is 2.28. The van der Waals surface area contributed by atoms with Gasteiger partial charge in [0.05, 0.1) is 0 Å². The number of benzene rings is 2. The molecule has 1 aromatic heterocycles. The van der Waals surface area contributed by atoms with Gasteiger partial charge in [-0.1, -0.05) is 36.4 Å². The van der Waals surface area contributed by atoms with Crippen LogP contribution in [-0.2, 0) is 6.54 Å². The third-order valence-electron chi connectivity index (χ3n) is 5.41. The van der Waals surface area contributed by atoms with Crippen molar-refractivity contribution in [3.63, 3.8) is 0 Å². The smallest absolute Gasteiger partial charge is 0.168 e. The fraction of sp³-hybridized carbons (Fsp3) is 0.304. The van der Waals surface area contributed by atoms with Gasteiger partial charge in [0.1, 0.15) is 0 Å². The van der Waals surface area contributed by atoms with Gasteiger partial charge in [0.25, 0.3) is 0 Å². The maximum atomic E-state index is 13.1. The van der Waals surface area contributed by atoms with Crippen LogP contribution in [0.3, 0.4) is 0 Å². The Morgan fingerprint density at radius 3 is 2.96 bits per heavy atom. The first-order valence-corrected chi connectivity index (χ1v) is 10.7. The van der Waals surface area contributed by atoms with Crippen LogP contribution in [0.4, 0.5) is 0 Å². The summed E-state index contributed by atoms with van der Waals surface area (Å²) in [7, 11) is 0. The number of fused-ring (bicyclic) bond motifs is 1. The van der Waals surface area contributed by atoms with E-state index in [4.69, 9.17) is 0 Å². The lowest BCUT2D eigenvalue weighted by molar-refractivity contribution is 0.0809. The Kier molecular flexibility index (Phi) is 5.55. The van der Waals surface area contributed by atoms with Crippen LogP contribution in [0.5, 0.6) is 0 Å². The molecule has 0 aliphatic carbocycles. The van der Waals surface area contributed by atoms with Crippen molar-refractivity contribution in [3.8, 4) is 0 Å². The normalized spacial score (nSPS) is 17.9. The average Bonchev–Trinajstić information content (AvgIpc) is 2.73. The number of ketones is 1. The second-order valence-electron chi connectivity index (χ2n) is 7.15. The zero-order chi connectivity index (χ0) is 18.6. The molecule has 1 fully saturated rings. The highest BCUT2D eigenvalue weighted by Gasteiger charge is 2.27. The summed E-state index contributed by atoms with van der Waals surface area (Å²) in [5.41, 5.74) is 2.19. The predicted octanol–water partition coefficient (Wildman–Crippen LogP) is 5.05. The summed E-state index contributed by atoms with van der Waals surface area (Å²) >= 11 is 1.65. The molecule has 1 aliphatic heterocycles. The van der Waals surface area contributed by atoms with Gasteiger partial charge in [-0.3, -0.25) is 14.7 Å². The van der Waals surface area contributed by atoms with Crippen LogP contribution in [0.15, 0.2) is 65.8 Å². The number of hydrogen-bond acceptors (Lipinski definition) is 4. The van der Waals surface area contributed by atoms with Crippen molar-refractivity contribution in [1.82, 2.24) is 9.88 Å². The molecule has 27 heavy (non-hydrogen) atoms. The predicted molar refractivity (Wildman–Crippen MR) is 112 cm³/mol. The molecule has 2 aromatic carbocycles. The molecule has 1 unspecified atom stereocenters. The highest BCUT2D eigenvalue weighted by molar-refractivity contribution is 7.98. The molecule has 0 spiro atoms. The number of carbonyl (C=O) groups is 1. The lowest BCUT2D eigenvalue weighted by Crippen LogP contribution is -2.38. The van der Waals surface area contributed by atoms with E-state index in [0.717, 1.165) is 42.9 Å². The van der Waals surface area contributed by atoms with Crippen molar-refractivity contribution in [3.05, 3.63) is 72.1 Å². The Bertz CT molecular complexity index is 951. The monoisotopic (exact) mass is 376 g/mol. The third-order valence-corrected chi connectivity index (χ3v) is 6.21. The topological polar surface area (TPSA) is 33.2 Å². The van der Waals surface area contributed by atoms with Crippen LogP contribution in [0, 0.1) is 5.92 Å². The number of nitrogens with zero attached hydrogens (tertiary/aromatic N) is 2. The Labute approximate surface area is 164 Å². The zero-order valence-corrected chi connectivity index (χ0v) is 16.4. The quantitative estimate of drug-likeness (QED) is 0.461. The highest BCUT2D eigenvalue weighted by atomic mass is 32.2. The summed E-state index contributed by atoms with van der Waals surface area (Å²) in [6.07, 6.45) is 7.87. The van der Waals surface area contributed by atoms with Crippen molar-refractivity contribution in [1.29, 1.82) is 0 Å². The summed E-state index contributed by atoms with van der Waals surface area (Å²) in [5.74, 6) is 0.385. The van der Waals surface area contributed by atoms with E-state index in [1.54, 1.807) is 11.8 Å². The molecule has 0 bridgehead atoms. The molecule has 3 aromatic rings. The lowest BCUT2D eigenvalue weighted by Gasteiger charge is -2.32. The number of hydrogen-bond donors (Lipinski definition) is 0. The first-order valence-electron chi connectivity index (χ1n) is 9.47. The minimum absolute atomic E-state index is 0.0868. The molecule has 1 saturated heterocycles. The molecule has 138 valence electrons. The van der Waals surface area contributed by atoms with Crippen LogP contribution in [0.1, 0.15) is 28.8 Å². The van der Waals surface area contributed by atoms with Crippen LogP contribution >= 0.6 is 11.8 Å². The van der Waals surface area contributed by atoms with E-state index in [-0.39, 0.29) is 5.92 Å². The van der Waals surface area contributed by atoms with Crippen LogP contribution in [-0.4, -0.2) is 35.0 Å². The van der Waals surface area contributed by atoms with Crippen LogP contribution < -0.4 is 0 Å². The largest absolute Gasteiger partial charge is 0.298 e. The molecule has 0 amide bonds. The second-order valence-corrected chi connectivity index (χ2v) is 8.00. The first-order chi connectivity index (χ1) is 13.3. The second kappa shape index (κ2) is 8.24. The first kappa shape index (κ1) is 18.2. The summed E-state index contributed by atoms with van der Waals surface area (Å²) < 4.78 is 0. The summed E-state index contributed by atoms with van der Waals surface area (Å²) in [6.45, 7) is 2.77. The molecule has 0 N–H and O–H groups in total. The van der Waals surface area contributed by atoms with Crippen molar-refractivity contribution in [2.24, 2.45) is 5.92 Å². The van der Waals surface area contributed by atoms with E-state index in [1.807, 2.05) is 42.9 Å². The molecule has 2 heterocycles. The van der Waals surface area contributed by atoms with E-state index in [9.17, 15) is 4.79 Å². The fourth-order valence-corrected chi connectivity index (χ4v) is 4.65. The Hall–Kier alpha value is -2.17. The van der Waals surface area contributed by atoms with Crippen molar-refractivity contribution >= 4 is 28.3 Å². The van der Waals surface area contributed by atoms with Crippen LogP contribution in [0.2, 0.25) is 0 Å². The molecule has 1 aliphatic rings. The van der Waals surface area contributed by atoms with E-state index in [1.165, 1.54) is 16.3 Å². The number of piperidine rings is 1. The zero-order valence-electron chi connectivity index (χ0n) is 15.6. The van der Waals surface area contributed by atoms with E-state index in [0.29, 0.717) is 5.78 Å². The number of thioether (sulfide) groups is 1. The number of likely N-dealkylation sites (tertiary alicyclic amines) is 1. The van der Waals surface area contributed by atoms with Gasteiger partial charge in [-0.05, 0) is 48.7 Å². The number of carbonyl (C=O) groups excluding carboxylic acids is 1. The van der Waals surface area contributed by atoms with Crippen molar-refractivity contribution in [2.45, 2.75) is 24.3 Å². The molecular formula is C23H24N2OS. The molecule has 4 rings (SSSR count). The van der Waals surface area contributed by atoms with Crippen molar-refractivity contribution < 1.29 is 4.79 Å². The van der Waals surface area contributed by atoms with Gasteiger partial charge >= 0.3 is 0 Å². The SMILES string of the molecule is CSc1ccccc1C(=O)C1CCCN(Cc2cccc3cnccc23)C1. The van der Waals surface area contributed by atoms with Gasteiger partial charge in [0, 0.05) is 47.2 Å². The van der Waals surface area contributed by atoms with Gasteiger partial charge < -0.3 is 0 Å².